The third-order valence-electron chi connectivity index (χ3n) is 2.46. The van der Waals surface area contributed by atoms with E-state index in [0.717, 1.165) is 5.56 Å². The van der Waals surface area contributed by atoms with Crippen LogP contribution in [0.5, 0.6) is 0 Å². The molecule has 1 unspecified atom stereocenters. The van der Waals surface area contributed by atoms with Crippen molar-refractivity contribution < 1.29 is 19.5 Å². The van der Waals surface area contributed by atoms with Crippen molar-refractivity contribution >= 4 is 23.5 Å². The normalized spacial score (nSPS) is 11.6. The first-order valence-corrected chi connectivity index (χ1v) is 5.49. The summed E-state index contributed by atoms with van der Waals surface area (Å²) in [7, 11) is 0. The number of carbonyl (C=O) groups excluding carboxylic acids is 2. The number of anilines is 1. The summed E-state index contributed by atoms with van der Waals surface area (Å²) in [6, 6.07) is 3.44. The molecular weight excluding hydrogens is 250 g/mol. The van der Waals surface area contributed by atoms with Crippen molar-refractivity contribution in [3.8, 4) is 0 Å². The molecule has 1 rings (SSSR count). The first-order chi connectivity index (χ1) is 8.81. The Morgan fingerprint density at radius 3 is 2.53 bits per heavy atom. The van der Waals surface area contributed by atoms with E-state index in [4.69, 9.17) is 16.6 Å². The van der Waals surface area contributed by atoms with E-state index in [1.165, 1.54) is 6.07 Å². The lowest BCUT2D eigenvalue weighted by molar-refractivity contribution is -0.140. The second-order valence-corrected chi connectivity index (χ2v) is 4.13. The van der Waals surface area contributed by atoms with Crippen molar-refractivity contribution in [1.29, 1.82) is 0 Å². The summed E-state index contributed by atoms with van der Waals surface area (Å²) < 4.78 is 0. The van der Waals surface area contributed by atoms with E-state index in [9.17, 15) is 14.4 Å². The predicted octanol–water partition coefficient (Wildman–Crippen LogP) is -0.364. The lowest BCUT2D eigenvalue weighted by Gasteiger charge is -2.14. The molecule has 1 atom stereocenters. The molecule has 0 bridgehead atoms. The average molecular weight is 265 g/mol. The van der Waals surface area contributed by atoms with Crippen molar-refractivity contribution in [1.82, 2.24) is 5.32 Å². The molecule has 19 heavy (non-hydrogen) atoms. The second kappa shape index (κ2) is 5.85. The highest BCUT2D eigenvalue weighted by Gasteiger charge is 2.23. The minimum atomic E-state index is -1.37. The Balaban J connectivity index is 2.90. The zero-order valence-electron chi connectivity index (χ0n) is 10.3. The standard InChI is InChI=1S/C12H15N3O4/c1-6-2-3-8(13)7(4-6)11(17)15-9(12(18)19)5-10(14)16/h2-4,9H,5,13H2,1H3,(H2,14,16)(H,15,17)(H,18,19). The van der Waals surface area contributed by atoms with E-state index in [1.54, 1.807) is 19.1 Å². The van der Waals surface area contributed by atoms with Gasteiger partial charge in [0.1, 0.15) is 6.04 Å². The number of primary amides is 1. The summed E-state index contributed by atoms with van der Waals surface area (Å²) in [5.74, 6) is -2.81. The van der Waals surface area contributed by atoms with Gasteiger partial charge in [-0.15, -0.1) is 0 Å². The fourth-order valence-corrected chi connectivity index (χ4v) is 1.50. The first kappa shape index (κ1) is 14.5. The minimum Gasteiger partial charge on any atom is -0.480 e. The van der Waals surface area contributed by atoms with Crippen LogP contribution in [0.25, 0.3) is 0 Å². The number of carboxylic acid groups (broad SMARTS) is 1. The topological polar surface area (TPSA) is 136 Å². The highest BCUT2D eigenvalue weighted by molar-refractivity contribution is 6.01. The van der Waals surface area contributed by atoms with Gasteiger partial charge in [0.2, 0.25) is 5.91 Å². The van der Waals surface area contributed by atoms with Gasteiger partial charge < -0.3 is 21.9 Å². The summed E-state index contributed by atoms with van der Waals surface area (Å²) in [4.78, 5) is 33.5. The molecule has 2 amide bonds. The fourth-order valence-electron chi connectivity index (χ4n) is 1.50. The average Bonchev–Trinajstić information content (AvgIpc) is 2.30. The van der Waals surface area contributed by atoms with Crippen LogP contribution >= 0.6 is 0 Å². The number of rotatable bonds is 5. The van der Waals surface area contributed by atoms with Gasteiger partial charge in [0.25, 0.3) is 5.91 Å². The van der Waals surface area contributed by atoms with Crippen LogP contribution in [-0.4, -0.2) is 28.9 Å². The molecule has 0 aliphatic carbocycles. The third kappa shape index (κ3) is 3.98. The van der Waals surface area contributed by atoms with Crippen LogP contribution in [-0.2, 0) is 9.59 Å². The second-order valence-electron chi connectivity index (χ2n) is 4.13. The summed E-state index contributed by atoms with van der Waals surface area (Å²) >= 11 is 0. The lowest BCUT2D eigenvalue weighted by atomic mass is 10.1. The maximum atomic E-state index is 11.9. The summed E-state index contributed by atoms with van der Waals surface area (Å²) in [5.41, 5.74) is 11.8. The molecule has 0 spiro atoms. The molecule has 1 aromatic rings. The molecule has 0 radical (unpaired) electrons. The van der Waals surface area contributed by atoms with Crippen molar-refractivity contribution in [2.75, 3.05) is 5.73 Å². The number of benzene rings is 1. The zero-order valence-corrected chi connectivity index (χ0v) is 10.3. The van der Waals surface area contributed by atoms with Crippen LogP contribution in [0.4, 0.5) is 5.69 Å². The highest BCUT2D eigenvalue weighted by Crippen LogP contribution is 2.13. The summed E-state index contributed by atoms with van der Waals surface area (Å²) in [6.45, 7) is 1.77. The Morgan fingerprint density at radius 2 is 2.00 bits per heavy atom. The Labute approximate surface area is 109 Å². The van der Waals surface area contributed by atoms with Gasteiger partial charge in [-0.1, -0.05) is 11.6 Å². The molecule has 102 valence electrons. The van der Waals surface area contributed by atoms with Gasteiger partial charge >= 0.3 is 5.97 Å². The lowest BCUT2D eigenvalue weighted by Crippen LogP contribution is -2.43. The summed E-state index contributed by atoms with van der Waals surface area (Å²) in [5, 5.41) is 11.1. The van der Waals surface area contributed by atoms with E-state index in [2.05, 4.69) is 5.32 Å². The van der Waals surface area contributed by atoms with E-state index < -0.39 is 30.2 Å². The number of nitrogen functional groups attached to an aromatic ring is 1. The van der Waals surface area contributed by atoms with Crippen LogP contribution in [0.3, 0.4) is 0 Å². The van der Waals surface area contributed by atoms with Crippen LogP contribution < -0.4 is 16.8 Å². The van der Waals surface area contributed by atoms with Gasteiger partial charge in [0.05, 0.1) is 12.0 Å². The number of hydrogen-bond donors (Lipinski definition) is 4. The maximum absolute atomic E-state index is 11.9. The molecular formula is C12H15N3O4. The highest BCUT2D eigenvalue weighted by atomic mass is 16.4. The quantitative estimate of drug-likeness (QED) is 0.539. The number of nitrogens with two attached hydrogens (primary N) is 2. The van der Waals surface area contributed by atoms with Crippen LogP contribution in [0.15, 0.2) is 18.2 Å². The molecule has 7 nitrogen and oxygen atoms in total. The van der Waals surface area contributed by atoms with Gasteiger partial charge in [-0.2, -0.15) is 0 Å². The number of carbonyl (C=O) groups is 3. The largest absolute Gasteiger partial charge is 0.480 e. The molecule has 0 saturated carbocycles. The van der Waals surface area contributed by atoms with Crippen LogP contribution in [0.1, 0.15) is 22.3 Å². The molecule has 0 aliphatic heterocycles. The molecule has 0 aromatic heterocycles. The number of hydrogen-bond acceptors (Lipinski definition) is 4. The van der Waals surface area contributed by atoms with Crippen LogP contribution in [0.2, 0.25) is 0 Å². The van der Waals surface area contributed by atoms with Crippen LogP contribution in [0, 0.1) is 6.92 Å². The van der Waals surface area contributed by atoms with Gasteiger partial charge in [0.15, 0.2) is 0 Å². The van der Waals surface area contributed by atoms with Crippen molar-refractivity contribution in [3.63, 3.8) is 0 Å². The molecule has 0 aliphatic rings. The van der Waals surface area contributed by atoms with E-state index >= 15 is 0 Å². The van der Waals surface area contributed by atoms with E-state index in [0.29, 0.717) is 0 Å². The Hall–Kier alpha value is -2.57. The Bertz CT molecular complexity index is 528. The van der Waals surface area contributed by atoms with Gasteiger partial charge in [-0.25, -0.2) is 4.79 Å². The number of amides is 2. The van der Waals surface area contributed by atoms with Crippen molar-refractivity contribution in [2.24, 2.45) is 5.73 Å². The first-order valence-electron chi connectivity index (χ1n) is 5.49. The predicted molar refractivity (Wildman–Crippen MR) is 68.3 cm³/mol. The molecule has 7 heteroatoms. The number of aryl methyl sites for hydroxylation is 1. The van der Waals surface area contributed by atoms with Crippen molar-refractivity contribution in [3.05, 3.63) is 29.3 Å². The Morgan fingerprint density at radius 1 is 1.37 bits per heavy atom. The Kier molecular flexibility index (Phi) is 4.46. The van der Waals surface area contributed by atoms with E-state index in [-0.39, 0.29) is 11.3 Å². The maximum Gasteiger partial charge on any atom is 0.326 e. The summed E-state index contributed by atoms with van der Waals surface area (Å²) in [6.07, 6.45) is -0.479. The molecule has 0 saturated heterocycles. The number of aliphatic carboxylic acids is 1. The third-order valence-corrected chi connectivity index (χ3v) is 2.46. The number of carboxylic acids is 1. The van der Waals surface area contributed by atoms with Gasteiger partial charge in [-0.05, 0) is 19.1 Å². The van der Waals surface area contributed by atoms with Crippen molar-refractivity contribution in [2.45, 2.75) is 19.4 Å². The smallest absolute Gasteiger partial charge is 0.326 e. The fraction of sp³-hybridized carbons (Fsp3) is 0.250. The monoisotopic (exact) mass is 265 g/mol. The molecule has 0 heterocycles. The molecule has 0 fully saturated rings. The molecule has 1 aromatic carbocycles. The SMILES string of the molecule is Cc1ccc(N)c(C(=O)NC(CC(N)=O)C(=O)O)c1. The minimum absolute atomic E-state index is 0.163. The van der Waals surface area contributed by atoms with E-state index in [1.807, 2.05) is 0 Å². The van der Waals surface area contributed by atoms with Gasteiger partial charge in [0, 0.05) is 5.69 Å². The van der Waals surface area contributed by atoms with Gasteiger partial charge in [-0.3, -0.25) is 9.59 Å². The number of nitrogens with one attached hydrogen (secondary N) is 1. The molecule has 6 N–H and O–H groups in total. The zero-order chi connectivity index (χ0) is 14.6.